The summed E-state index contributed by atoms with van der Waals surface area (Å²) in [6.45, 7) is 4.33. The molecule has 2 bridgehead atoms. The predicted octanol–water partition coefficient (Wildman–Crippen LogP) is 5.96. The molecule has 0 radical (unpaired) electrons. The second kappa shape index (κ2) is 5.31. The number of benzene rings is 2. The van der Waals surface area contributed by atoms with Crippen LogP contribution in [0.1, 0.15) is 22.3 Å². The van der Waals surface area contributed by atoms with Crippen LogP contribution in [0.15, 0.2) is 66.8 Å². The summed E-state index contributed by atoms with van der Waals surface area (Å²) in [5, 5.41) is 1.32. The van der Waals surface area contributed by atoms with Crippen LogP contribution in [0.4, 0.5) is 0 Å². The van der Waals surface area contributed by atoms with Crippen LogP contribution in [0.3, 0.4) is 0 Å². The fourth-order valence-corrected chi connectivity index (χ4v) is 8.05. The first-order valence-electron chi connectivity index (χ1n) is 8.56. The summed E-state index contributed by atoms with van der Waals surface area (Å²) < 4.78 is 0.0739. The summed E-state index contributed by atoms with van der Waals surface area (Å²) in [4.78, 5) is 0. The Balaban J connectivity index is 1.66. The van der Waals surface area contributed by atoms with Crippen molar-refractivity contribution in [1.29, 1.82) is 0 Å². The molecule has 0 N–H and O–H groups in total. The maximum atomic E-state index is 2.56. The Morgan fingerprint density at radius 1 is 0.792 bits per heavy atom. The molecular weight excluding hydrogens is 328 g/mol. The molecule has 3 aliphatic rings. The van der Waals surface area contributed by atoms with E-state index in [4.69, 9.17) is 0 Å². The lowest BCUT2D eigenvalue weighted by molar-refractivity contribution is 0.817. The topological polar surface area (TPSA) is 0 Å². The summed E-state index contributed by atoms with van der Waals surface area (Å²) >= 11 is 4.29. The lowest BCUT2D eigenvalue weighted by atomic mass is 9.89. The van der Waals surface area contributed by atoms with Crippen molar-refractivity contribution in [2.45, 2.75) is 28.4 Å². The number of aryl methyl sites for hydroxylation is 2. The Kier molecular flexibility index (Phi) is 3.30. The second-order valence-electron chi connectivity index (χ2n) is 7.07. The maximum absolute atomic E-state index is 2.56. The quantitative estimate of drug-likeness (QED) is 0.614. The second-order valence-corrected chi connectivity index (χ2v) is 10.2. The standard InChI is InChI=1S/C22H20S2/c1-14-3-7-16(8-4-14)19-13-22(17-9-5-15(2)6-10-17)23-20-12-11-18(19)21(20)24-22/h3-13,18,20-21H,1-2H3/t18-,20-,21?,22-/m1/s1. The minimum atomic E-state index is 0.0739. The highest BCUT2D eigenvalue weighted by atomic mass is 32.2. The van der Waals surface area contributed by atoms with Crippen LogP contribution < -0.4 is 0 Å². The molecule has 0 nitrogen and oxygen atoms in total. The van der Waals surface area contributed by atoms with E-state index in [1.165, 1.54) is 27.8 Å². The first-order valence-corrected chi connectivity index (χ1v) is 10.3. The zero-order valence-corrected chi connectivity index (χ0v) is 15.5. The third-order valence-electron chi connectivity index (χ3n) is 5.35. The monoisotopic (exact) mass is 348 g/mol. The molecule has 2 heteroatoms. The molecule has 4 atom stereocenters. The normalized spacial score (nSPS) is 32.9. The van der Waals surface area contributed by atoms with Crippen LogP contribution in [0.2, 0.25) is 0 Å². The van der Waals surface area contributed by atoms with E-state index in [2.05, 4.69) is 104 Å². The number of fused-ring (bicyclic) bond motifs is 1. The van der Waals surface area contributed by atoms with Gasteiger partial charge in [0.15, 0.2) is 0 Å². The van der Waals surface area contributed by atoms with Gasteiger partial charge in [-0.25, -0.2) is 0 Å². The molecule has 0 saturated carbocycles. The molecule has 1 saturated heterocycles. The fourth-order valence-electron chi connectivity index (χ4n) is 4.01. The summed E-state index contributed by atoms with van der Waals surface area (Å²) in [5.41, 5.74) is 7.01. The van der Waals surface area contributed by atoms with Crippen LogP contribution >= 0.6 is 23.5 Å². The van der Waals surface area contributed by atoms with Crippen molar-refractivity contribution >= 4 is 29.1 Å². The van der Waals surface area contributed by atoms with Crippen molar-refractivity contribution in [1.82, 2.24) is 0 Å². The number of thioether (sulfide) groups is 2. The van der Waals surface area contributed by atoms with E-state index in [0.29, 0.717) is 16.4 Å². The van der Waals surface area contributed by atoms with Crippen molar-refractivity contribution in [3.05, 3.63) is 89.0 Å². The minimum Gasteiger partial charge on any atom is -0.129 e. The third kappa shape index (κ3) is 2.16. The van der Waals surface area contributed by atoms with E-state index >= 15 is 0 Å². The SMILES string of the molecule is Cc1ccc(C2=C[C@]3(c4ccc(C)cc4)SC4[C@@H]2C=C[C@H]4S3)cc1. The van der Waals surface area contributed by atoms with E-state index < -0.39 is 0 Å². The minimum absolute atomic E-state index is 0.0739. The van der Waals surface area contributed by atoms with Gasteiger partial charge >= 0.3 is 0 Å². The van der Waals surface area contributed by atoms with Crippen molar-refractivity contribution in [2.75, 3.05) is 0 Å². The molecule has 5 rings (SSSR count). The van der Waals surface area contributed by atoms with Gasteiger partial charge in [-0.15, -0.1) is 23.5 Å². The Morgan fingerprint density at radius 2 is 1.46 bits per heavy atom. The van der Waals surface area contributed by atoms with E-state index in [9.17, 15) is 0 Å². The number of hydrogen-bond acceptors (Lipinski definition) is 2. The fraction of sp³-hybridized carbons (Fsp3) is 0.273. The van der Waals surface area contributed by atoms with Crippen LogP contribution in [0.5, 0.6) is 0 Å². The van der Waals surface area contributed by atoms with Crippen molar-refractivity contribution in [3.63, 3.8) is 0 Å². The van der Waals surface area contributed by atoms with Crippen molar-refractivity contribution in [3.8, 4) is 0 Å². The molecule has 0 aromatic heterocycles. The van der Waals surface area contributed by atoms with Gasteiger partial charge in [-0.2, -0.15) is 0 Å². The molecular formula is C22H20S2. The Labute approximate surface area is 152 Å². The van der Waals surface area contributed by atoms with E-state index in [-0.39, 0.29) is 4.08 Å². The zero-order valence-electron chi connectivity index (χ0n) is 13.9. The summed E-state index contributed by atoms with van der Waals surface area (Å²) in [7, 11) is 0. The van der Waals surface area contributed by atoms with Crippen molar-refractivity contribution in [2.24, 2.45) is 5.92 Å². The predicted molar refractivity (Wildman–Crippen MR) is 107 cm³/mol. The van der Waals surface area contributed by atoms with Gasteiger partial charge in [0.1, 0.15) is 4.08 Å². The molecule has 1 aliphatic carbocycles. The Hall–Kier alpha value is -1.38. The highest BCUT2D eigenvalue weighted by Gasteiger charge is 2.54. The van der Waals surface area contributed by atoms with E-state index in [0.717, 1.165) is 0 Å². The highest BCUT2D eigenvalue weighted by molar-refractivity contribution is 8.21. The molecule has 1 unspecified atom stereocenters. The Bertz CT molecular complexity index is 845. The largest absolute Gasteiger partial charge is 0.129 e. The van der Waals surface area contributed by atoms with Crippen LogP contribution in [-0.2, 0) is 4.08 Å². The number of allylic oxidation sites excluding steroid dienone is 2. The molecule has 0 amide bonds. The molecule has 120 valence electrons. The summed E-state index contributed by atoms with van der Waals surface area (Å²) in [6.07, 6.45) is 7.45. The lowest BCUT2D eigenvalue weighted by Gasteiger charge is -2.34. The number of hydrogen-bond donors (Lipinski definition) is 0. The zero-order chi connectivity index (χ0) is 16.3. The average Bonchev–Trinajstić information content (AvgIpc) is 3.10. The van der Waals surface area contributed by atoms with Gasteiger partial charge in [0, 0.05) is 16.4 Å². The summed E-state index contributed by atoms with van der Waals surface area (Å²) in [6, 6.07) is 18.2. The Morgan fingerprint density at radius 3 is 2.17 bits per heavy atom. The lowest BCUT2D eigenvalue weighted by Crippen LogP contribution is -2.23. The van der Waals surface area contributed by atoms with Gasteiger partial charge in [0.05, 0.1) is 0 Å². The molecule has 0 spiro atoms. The molecule has 2 heterocycles. The van der Waals surface area contributed by atoms with E-state index in [1.54, 1.807) is 0 Å². The van der Waals surface area contributed by atoms with Crippen LogP contribution in [-0.4, -0.2) is 10.5 Å². The van der Waals surface area contributed by atoms with Gasteiger partial charge < -0.3 is 0 Å². The first kappa shape index (κ1) is 14.9. The van der Waals surface area contributed by atoms with Gasteiger partial charge in [0.25, 0.3) is 0 Å². The average molecular weight is 349 g/mol. The third-order valence-corrected chi connectivity index (χ3v) is 9.09. The molecule has 2 aromatic carbocycles. The molecule has 2 aliphatic heterocycles. The van der Waals surface area contributed by atoms with Crippen LogP contribution in [0, 0.1) is 19.8 Å². The molecule has 24 heavy (non-hydrogen) atoms. The van der Waals surface area contributed by atoms with Gasteiger partial charge in [-0.3, -0.25) is 0 Å². The van der Waals surface area contributed by atoms with Crippen molar-refractivity contribution < 1.29 is 0 Å². The maximum Gasteiger partial charge on any atom is 0.106 e. The van der Waals surface area contributed by atoms with Gasteiger partial charge in [-0.05, 0) is 36.6 Å². The summed E-state index contributed by atoms with van der Waals surface area (Å²) in [5.74, 6) is 0.566. The van der Waals surface area contributed by atoms with E-state index in [1.807, 2.05) is 0 Å². The smallest absolute Gasteiger partial charge is 0.106 e. The van der Waals surface area contributed by atoms with Crippen LogP contribution in [0.25, 0.3) is 5.57 Å². The number of rotatable bonds is 2. The first-order chi connectivity index (χ1) is 11.6. The van der Waals surface area contributed by atoms with Gasteiger partial charge in [-0.1, -0.05) is 71.8 Å². The molecule has 2 aromatic rings. The van der Waals surface area contributed by atoms with Gasteiger partial charge in [0.2, 0.25) is 0 Å². The molecule has 1 fully saturated rings. The highest BCUT2D eigenvalue weighted by Crippen LogP contribution is 2.68.